The summed E-state index contributed by atoms with van der Waals surface area (Å²) in [6, 6.07) is 0.267. The van der Waals surface area contributed by atoms with Crippen molar-refractivity contribution in [3.05, 3.63) is 12.7 Å². The van der Waals surface area contributed by atoms with E-state index in [4.69, 9.17) is 0 Å². The van der Waals surface area contributed by atoms with E-state index in [1.165, 1.54) is 0 Å². The number of nitrogens with zero attached hydrogens (tertiary/aromatic N) is 2. The summed E-state index contributed by atoms with van der Waals surface area (Å²) in [5.41, 5.74) is 0. The van der Waals surface area contributed by atoms with Crippen LogP contribution in [0.1, 0.15) is 6.92 Å². The highest BCUT2D eigenvalue weighted by Crippen LogP contribution is 2.12. The molecule has 0 aliphatic carbocycles. The minimum Gasteiger partial charge on any atom is -0.395 e. The van der Waals surface area contributed by atoms with Gasteiger partial charge in [-0.15, -0.1) is 6.58 Å². The maximum Gasteiger partial charge on any atom is 0.0599 e. The zero-order valence-electron chi connectivity index (χ0n) is 9.32. The second kappa shape index (κ2) is 5.49. The van der Waals surface area contributed by atoms with Crippen LogP contribution in [0, 0.1) is 5.92 Å². The molecule has 0 bridgehead atoms. The maximum atomic E-state index is 9.31. The number of rotatable bonds is 3. The van der Waals surface area contributed by atoms with Crippen molar-refractivity contribution < 1.29 is 5.11 Å². The Kier molecular flexibility index (Phi) is 4.58. The second-order valence-corrected chi connectivity index (χ2v) is 4.41. The molecule has 1 fully saturated rings. The molecule has 14 heavy (non-hydrogen) atoms. The first-order valence-corrected chi connectivity index (χ1v) is 5.31. The van der Waals surface area contributed by atoms with E-state index in [0.717, 1.165) is 26.2 Å². The SMILES string of the molecule is C=CCN1CC(C)CN(C)CC1CO. The Morgan fingerprint density at radius 2 is 2.14 bits per heavy atom. The van der Waals surface area contributed by atoms with Crippen LogP contribution in [0.4, 0.5) is 0 Å². The van der Waals surface area contributed by atoms with Crippen molar-refractivity contribution >= 4 is 0 Å². The van der Waals surface area contributed by atoms with Crippen molar-refractivity contribution in [2.24, 2.45) is 5.92 Å². The lowest BCUT2D eigenvalue weighted by Gasteiger charge is -2.28. The van der Waals surface area contributed by atoms with Gasteiger partial charge in [-0.1, -0.05) is 13.0 Å². The second-order valence-electron chi connectivity index (χ2n) is 4.41. The summed E-state index contributed by atoms with van der Waals surface area (Å²) in [6.45, 7) is 10.3. The zero-order chi connectivity index (χ0) is 10.6. The molecule has 0 saturated carbocycles. The average molecular weight is 198 g/mol. The lowest BCUT2D eigenvalue weighted by atomic mass is 10.1. The van der Waals surface area contributed by atoms with Gasteiger partial charge >= 0.3 is 0 Å². The smallest absolute Gasteiger partial charge is 0.0599 e. The van der Waals surface area contributed by atoms with Crippen molar-refractivity contribution in [1.82, 2.24) is 9.80 Å². The number of hydrogen-bond acceptors (Lipinski definition) is 3. The van der Waals surface area contributed by atoms with E-state index in [0.29, 0.717) is 5.92 Å². The van der Waals surface area contributed by atoms with E-state index in [-0.39, 0.29) is 12.6 Å². The van der Waals surface area contributed by atoms with E-state index in [1.807, 2.05) is 6.08 Å². The van der Waals surface area contributed by atoms with Crippen LogP contribution in [0.25, 0.3) is 0 Å². The molecule has 0 radical (unpaired) electrons. The molecule has 0 aromatic carbocycles. The standard InChI is InChI=1S/C11H22N2O/c1-4-5-13-7-10(2)6-12(3)8-11(13)9-14/h4,10-11,14H,1,5-9H2,2-3H3. The van der Waals surface area contributed by atoms with Crippen molar-refractivity contribution in [2.75, 3.05) is 39.8 Å². The third-order valence-corrected chi connectivity index (χ3v) is 2.78. The van der Waals surface area contributed by atoms with Crippen LogP contribution in [0.15, 0.2) is 12.7 Å². The Bertz CT molecular complexity index is 184. The summed E-state index contributed by atoms with van der Waals surface area (Å²) >= 11 is 0. The number of aliphatic hydroxyl groups is 1. The van der Waals surface area contributed by atoms with Gasteiger partial charge in [0.15, 0.2) is 0 Å². The van der Waals surface area contributed by atoms with Crippen LogP contribution < -0.4 is 0 Å². The van der Waals surface area contributed by atoms with E-state index in [2.05, 4.69) is 30.4 Å². The van der Waals surface area contributed by atoms with Gasteiger partial charge in [0, 0.05) is 32.2 Å². The molecule has 1 N–H and O–H groups in total. The minimum absolute atomic E-state index is 0.241. The van der Waals surface area contributed by atoms with Crippen LogP contribution >= 0.6 is 0 Å². The zero-order valence-corrected chi connectivity index (χ0v) is 9.32. The van der Waals surface area contributed by atoms with Gasteiger partial charge in [-0.2, -0.15) is 0 Å². The highest BCUT2D eigenvalue weighted by molar-refractivity contribution is 4.85. The third kappa shape index (κ3) is 3.08. The average Bonchev–Trinajstić information content (AvgIpc) is 2.25. The molecule has 1 aliphatic heterocycles. The first-order chi connectivity index (χ1) is 6.67. The highest BCUT2D eigenvalue weighted by Gasteiger charge is 2.24. The topological polar surface area (TPSA) is 26.7 Å². The minimum atomic E-state index is 0.241. The van der Waals surface area contributed by atoms with E-state index in [1.54, 1.807) is 0 Å². The fraction of sp³-hybridized carbons (Fsp3) is 0.818. The summed E-state index contributed by atoms with van der Waals surface area (Å²) in [5, 5.41) is 9.31. The molecular weight excluding hydrogens is 176 g/mol. The molecule has 1 rings (SSSR count). The lowest BCUT2D eigenvalue weighted by molar-refractivity contribution is 0.124. The maximum absolute atomic E-state index is 9.31. The molecule has 2 atom stereocenters. The van der Waals surface area contributed by atoms with Crippen molar-refractivity contribution in [2.45, 2.75) is 13.0 Å². The molecule has 1 saturated heterocycles. The normalized spacial score (nSPS) is 31.4. The molecular formula is C11H22N2O. The number of hydrogen-bond donors (Lipinski definition) is 1. The number of likely N-dealkylation sites (N-methyl/N-ethyl adjacent to an activating group) is 1. The largest absolute Gasteiger partial charge is 0.395 e. The summed E-state index contributed by atoms with van der Waals surface area (Å²) < 4.78 is 0. The molecule has 0 amide bonds. The third-order valence-electron chi connectivity index (χ3n) is 2.78. The highest BCUT2D eigenvalue weighted by atomic mass is 16.3. The van der Waals surface area contributed by atoms with Crippen LogP contribution in [0.3, 0.4) is 0 Å². The molecule has 0 aromatic heterocycles. The Morgan fingerprint density at radius 3 is 2.71 bits per heavy atom. The van der Waals surface area contributed by atoms with E-state index < -0.39 is 0 Å². The Balaban J connectivity index is 2.63. The summed E-state index contributed by atoms with van der Waals surface area (Å²) in [6.07, 6.45) is 1.92. The quantitative estimate of drug-likeness (QED) is 0.666. The summed E-state index contributed by atoms with van der Waals surface area (Å²) in [5.74, 6) is 0.663. The van der Waals surface area contributed by atoms with Gasteiger partial charge in [0.25, 0.3) is 0 Å². The van der Waals surface area contributed by atoms with Gasteiger partial charge in [0.05, 0.1) is 6.61 Å². The van der Waals surface area contributed by atoms with E-state index in [9.17, 15) is 5.11 Å². The van der Waals surface area contributed by atoms with Gasteiger partial charge in [0.2, 0.25) is 0 Å². The first-order valence-electron chi connectivity index (χ1n) is 5.31. The molecule has 3 heteroatoms. The fourth-order valence-corrected chi connectivity index (χ4v) is 2.25. The van der Waals surface area contributed by atoms with Gasteiger partial charge < -0.3 is 10.0 Å². The molecule has 3 nitrogen and oxygen atoms in total. The van der Waals surface area contributed by atoms with Gasteiger partial charge in [0.1, 0.15) is 0 Å². The molecule has 2 unspecified atom stereocenters. The van der Waals surface area contributed by atoms with Crippen LogP contribution in [0.5, 0.6) is 0 Å². The predicted molar refractivity (Wildman–Crippen MR) is 59.3 cm³/mol. The number of aliphatic hydroxyl groups excluding tert-OH is 1. The Labute approximate surface area is 87.0 Å². The van der Waals surface area contributed by atoms with Crippen LogP contribution in [-0.2, 0) is 0 Å². The fourth-order valence-electron chi connectivity index (χ4n) is 2.25. The molecule has 0 spiro atoms. The monoisotopic (exact) mass is 198 g/mol. The van der Waals surface area contributed by atoms with Gasteiger partial charge in [-0.3, -0.25) is 4.90 Å². The molecule has 1 aliphatic rings. The molecule has 1 heterocycles. The van der Waals surface area contributed by atoms with E-state index >= 15 is 0 Å². The Hall–Kier alpha value is -0.380. The van der Waals surface area contributed by atoms with Crippen molar-refractivity contribution in [1.29, 1.82) is 0 Å². The van der Waals surface area contributed by atoms with Crippen molar-refractivity contribution in [3.8, 4) is 0 Å². The van der Waals surface area contributed by atoms with Crippen LogP contribution in [0.2, 0.25) is 0 Å². The predicted octanol–water partition coefficient (Wildman–Crippen LogP) is 0.417. The first kappa shape index (κ1) is 11.7. The van der Waals surface area contributed by atoms with Gasteiger partial charge in [-0.05, 0) is 13.0 Å². The molecule has 82 valence electrons. The Morgan fingerprint density at radius 1 is 1.43 bits per heavy atom. The lowest BCUT2D eigenvalue weighted by Crippen LogP contribution is -2.43. The van der Waals surface area contributed by atoms with Crippen LogP contribution in [-0.4, -0.2) is 60.8 Å². The summed E-state index contributed by atoms with van der Waals surface area (Å²) in [7, 11) is 2.12. The molecule has 0 aromatic rings. The van der Waals surface area contributed by atoms with Crippen molar-refractivity contribution in [3.63, 3.8) is 0 Å². The summed E-state index contributed by atoms with van der Waals surface area (Å²) in [4.78, 5) is 4.62. The van der Waals surface area contributed by atoms with Gasteiger partial charge in [-0.25, -0.2) is 0 Å².